The molecular weight excluding hydrogens is 358 g/mol. The number of esters is 1. The predicted molar refractivity (Wildman–Crippen MR) is 104 cm³/mol. The molecule has 1 aromatic rings. The van der Waals surface area contributed by atoms with E-state index >= 15 is 0 Å². The number of amides is 1. The Hall–Kier alpha value is -1.89. The molecule has 4 fully saturated rings. The second-order valence-corrected chi connectivity index (χ2v) is 9.65. The van der Waals surface area contributed by atoms with E-state index in [4.69, 9.17) is 4.74 Å². The molecule has 1 aromatic heterocycles. The highest BCUT2D eigenvalue weighted by Gasteiger charge is 2.57. The summed E-state index contributed by atoms with van der Waals surface area (Å²) in [4.78, 5) is 25.1. The fraction of sp³-hybridized carbons (Fsp3) is 0.762. The summed E-state index contributed by atoms with van der Waals surface area (Å²) in [7, 11) is 1.82. The maximum absolute atomic E-state index is 12.6. The van der Waals surface area contributed by atoms with Crippen molar-refractivity contribution in [2.45, 2.75) is 77.4 Å². The summed E-state index contributed by atoms with van der Waals surface area (Å²) in [5.41, 5.74) is 1.50. The minimum Gasteiger partial charge on any atom is -0.453 e. The lowest BCUT2D eigenvalue weighted by Gasteiger charge is -2.60. The van der Waals surface area contributed by atoms with Crippen LogP contribution in [-0.4, -0.2) is 38.5 Å². The minimum atomic E-state index is -0.872. The number of anilines is 1. The van der Waals surface area contributed by atoms with Crippen molar-refractivity contribution in [3.05, 3.63) is 11.4 Å². The third kappa shape index (κ3) is 3.45. The molecule has 28 heavy (non-hydrogen) atoms. The average Bonchev–Trinajstić information content (AvgIpc) is 2.77. The van der Waals surface area contributed by atoms with Gasteiger partial charge < -0.3 is 15.2 Å². The second kappa shape index (κ2) is 6.58. The number of aliphatic hydroxyl groups is 1. The molecule has 0 saturated heterocycles. The van der Waals surface area contributed by atoms with Crippen LogP contribution in [0.1, 0.15) is 63.3 Å². The molecule has 0 aromatic carbocycles. The lowest BCUT2D eigenvalue weighted by Crippen LogP contribution is -2.56. The Balaban J connectivity index is 1.36. The minimum absolute atomic E-state index is 0.150. The monoisotopic (exact) mass is 389 g/mol. The van der Waals surface area contributed by atoms with Crippen LogP contribution in [0.3, 0.4) is 0 Å². The molecule has 154 valence electrons. The molecule has 4 saturated carbocycles. The van der Waals surface area contributed by atoms with Crippen LogP contribution in [0.25, 0.3) is 0 Å². The standard InChI is InChI=1S/C21H31N3O4/c1-12-18(13(2)24(4)23-12)22-19(26)14(3)28-17(25)10-20-6-15-5-16(7-20)9-21(27,8-15)11-20/h14-16,27H,5-11H2,1-4H3,(H,22,26)/t14-,15-,16+,20?,21?/m0/s1. The largest absolute Gasteiger partial charge is 0.453 e. The van der Waals surface area contributed by atoms with E-state index in [2.05, 4.69) is 10.4 Å². The topological polar surface area (TPSA) is 93.5 Å². The molecule has 5 rings (SSSR count). The lowest BCUT2D eigenvalue weighted by atomic mass is 9.47. The van der Waals surface area contributed by atoms with E-state index in [-0.39, 0.29) is 17.3 Å². The highest BCUT2D eigenvalue weighted by atomic mass is 16.5. The lowest BCUT2D eigenvalue weighted by molar-refractivity contribution is -0.179. The smallest absolute Gasteiger partial charge is 0.307 e. The van der Waals surface area contributed by atoms with Gasteiger partial charge in [0.1, 0.15) is 0 Å². The van der Waals surface area contributed by atoms with E-state index in [1.165, 1.54) is 6.42 Å². The Morgan fingerprint density at radius 3 is 2.46 bits per heavy atom. The van der Waals surface area contributed by atoms with Gasteiger partial charge in [-0.2, -0.15) is 5.10 Å². The maximum Gasteiger partial charge on any atom is 0.307 e. The molecule has 2 unspecified atom stereocenters. The first kappa shape index (κ1) is 19.4. The van der Waals surface area contributed by atoms with Gasteiger partial charge in [0.25, 0.3) is 5.91 Å². The molecular formula is C21H31N3O4. The first-order chi connectivity index (χ1) is 13.1. The van der Waals surface area contributed by atoms with Gasteiger partial charge in [-0.3, -0.25) is 14.3 Å². The molecule has 5 atom stereocenters. The number of aromatic nitrogens is 2. The molecule has 0 spiro atoms. The molecule has 7 heteroatoms. The van der Waals surface area contributed by atoms with Crippen molar-refractivity contribution in [3.8, 4) is 0 Å². The van der Waals surface area contributed by atoms with Gasteiger partial charge in [0.05, 0.1) is 29.1 Å². The Labute approximate surface area is 165 Å². The van der Waals surface area contributed by atoms with E-state index < -0.39 is 11.7 Å². The Kier molecular flexibility index (Phi) is 4.56. The van der Waals surface area contributed by atoms with Crippen LogP contribution in [-0.2, 0) is 21.4 Å². The van der Waals surface area contributed by atoms with Crippen LogP contribution in [0, 0.1) is 31.1 Å². The maximum atomic E-state index is 12.6. The summed E-state index contributed by atoms with van der Waals surface area (Å²) >= 11 is 0. The van der Waals surface area contributed by atoms with Crippen LogP contribution in [0.15, 0.2) is 0 Å². The van der Waals surface area contributed by atoms with Gasteiger partial charge in [0, 0.05) is 7.05 Å². The predicted octanol–water partition coefficient (Wildman–Crippen LogP) is 2.63. The number of carbonyl (C=O) groups is 2. The second-order valence-electron chi connectivity index (χ2n) is 9.65. The number of carbonyl (C=O) groups excluding carboxylic acids is 2. The Morgan fingerprint density at radius 1 is 1.29 bits per heavy atom. The number of rotatable bonds is 5. The first-order valence-electron chi connectivity index (χ1n) is 10.3. The molecule has 4 aliphatic carbocycles. The Morgan fingerprint density at radius 2 is 1.93 bits per heavy atom. The van der Waals surface area contributed by atoms with Gasteiger partial charge in [-0.05, 0) is 76.5 Å². The SMILES string of the molecule is Cc1nn(C)c(C)c1NC(=O)[C@H](C)OC(=O)CC12C[C@@H]3C[C@@H](CC(O)(C3)C1)C2. The van der Waals surface area contributed by atoms with E-state index in [0.29, 0.717) is 30.4 Å². The Bertz CT molecular complexity index is 801. The molecule has 4 bridgehead atoms. The highest BCUT2D eigenvalue weighted by molar-refractivity contribution is 5.96. The van der Waals surface area contributed by atoms with Gasteiger partial charge in [-0.1, -0.05) is 0 Å². The summed E-state index contributed by atoms with van der Waals surface area (Å²) < 4.78 is 7.19. The van der Waals surface area contributed by atoms with Crippen LogP contribution in [0.4, 0.5) is 5.69 Å². The highest BCUT2D eigenvalue weighted by Crippen LogP contribution is 2.62. The fourth-order valence-corrected chi connectivity index (χ4v) is 6.39. The number of nitrogens with one attached hydrogen (secondary N) is 1. The molecule has 1 heterocycles. The molecule has 7 nitrogen and oxygen atoms in total. The third-order valence-corrected chi connectivity index (χ3v) is 7.11. The van der Waals surface area contributed by atoms with Crippen LogP contribution in [0.5, 0.6) is 0 Å². The number of ether oxygens (including phenoxy) is 1. The van der Waals surface area contributed by atoms with Crippen molar-refractivity contribution in [2.75, 3.05) is 5.32 Å². The summed E-state index contributed by atoms with van der Waals surface area (Å²) in [5, 5.41) is 18.0. The molecule has 1 amide bonds. The quantitative estimate of drug-likeness (QED) is 0.755. The van der Waals surface area contributed by atoms with Crippen LogP contribution < -0.4 is 5.32 Å². The van der Waals surface area contributed by atoms with Crippen molar-refractivity contribution in [2.24, 2.45) is 24.3 Å². The van der Waals surface area contributed by atoms with E-state index in [1.807, 2.05) is 20.9 Å². The van der Waals surface area contributed by atoms with Crippen molar-refractivity contribution in [1.29, 1.82) is 0 Å². The summed E-state index contributed by atoms with van der Waals surface area (Å²) in [6.45, 7) is 5.31. The first-order valence-corrected chi connectivity index (χ1v) is 10.3. The third-order valence-electron chi connectivity index (χ3n) is 7.11. The fourth-order valence-electron chi connectivity index (χ4n) is 6.39. The average molecular weight is 389 g/mol. The van der Waals surface area contributed by atoms with Crippen LogP contribution >= 0.6 is 0 Å². The van der Waals surface area contributed by atoms with Crippen molar-refractivity contribution in [3.63, 3.8) is 0 Å². The molecule has 2 N–H and O–H groups in total. The molecule has 4 aliphatic rings. The van der Waals surface area contributed by atoms with Gasteiger partial charge in [0.2, 0.25) is 0 Å². The molecule has 0 radical (unpaired) electrons. The summed E-state index contributed by atoms with van der Waals surface area (Å²) in [6.07, 6.45) is 5.05. The van der Waals surface area contributed by atoms with Gasteiger partial charge in [0.15, 0.2) is 6.10 Å². The zero-order valence-electron chi connectivity index (χ0n) is 17.2. The number of hydrogen-bond acceptors (Lipinski definition) is 5. The van der Waals surface area contributed by atoms with E-state index in [1.54, 1.807) is 11.6 Å². The number of hydrogen-bond donors (Lipinski definition) is 2. The normalized spacial score (nSPS) is 34.3. The van der Waals surface area contributed by atoms with E-state index in [0.717, 1.165) is 37.1 Å². The van der Waals surface area contributed by atoms with Crippen molar-refractivity contribution < 1.29 is 19.4 Å². The van der Waals surface area contributed by atoms with E-state index in [9.17, 15) is 14.7 Å². The van der Waals surface area contributed by atoms with Gasteiger partial charge >= 0.3 is 5.97 Å². The number of aryl methyl sites for hydroxylation is 2. The zero-order valence-corrected chi connectivity index (χ0v) is 17.2. The van der Waals surface area contributed by atoms with Gasteiger partial charge in [-0.25, -0.2) is 0 Å². The molecule has 0 aliphatic heterocycles. The van der Waals surface area contributed by atoms with Gasteiger partial charge in [-0.15, -0.1) is 0 Å². The zero-order chi connectivity index (χ0) is 20.3. The van der Waals surface area contributed by atoms with Crippen molar-refractivity contribution in [1.82, 2.24) is 9.78 Å². The summed E-state index contributed by atoms with van der Waals surface area (Å²) in [5.74, 6) is 0.358. The van der Waals surface area contributed by atoms with Crippen LogP contribution in [0.2, 0.25) is 0 Å². The number of nitrogens with zero attached hydrogens (tertiary/aromatic N) is 2. The van der Waals surface area contributed by atoms with Crippen molar-refractivity contribution >= 4 is 17.6 Å². The summed E-state index contributed by atoms with van der Waals surface area (Å²) in [6, 6.07) is 0.